The second-order valence-electron chi connectivity index (χ2n) is 7.52. The van der Waals surface area contributed by atoms with Gasteiger partial charge in [0.15, 0.2) is 0 Å². The lowest BCUT2D eigenvalue weighted by Gasteiger charge is -2.15. The Morgan fingerprint density at radius 2 is 1.76 bits per heavy atom. The lowest BCUT2D eigenvalue weighted by atomic mass is 10.2. The number of anilines is 2. The molecular weight excluding hydrogens is 452 g/mol. The molecule has 0 spiro atoms. The van der Waals surface area contributed by atoms with Crippen molar-refractivity contribution in [1.29, 1.82) is 0 Å². The number of imide groups is 1. The van der Waals surface area contributed by atoms with Crippen molar-refractivity contribution in [2.75, 3.05) is 23.9 Å². The molecule has 0 radical (unpaired) electrons. The van der Waals surface area contributed by atoms with Gasteiger partial charge < -0.3 is 14.8 Å². The zero-order valence-corrected chi connectivity index (χ0v) is 19.6. The van der Waals surface area contributed by atoms with E-state index in [-0.39, 0.29) is 24.1 Å². The quantitative estimate of drug-likeness (QED) is 0.472. The molecule has 3 amide bonds. The van der Waals surface area contributed by atoms with Crippen LogP contribution < -0.4 is 19.7 Å². The Balaban J connectivity index is 1.38. The summed E-state index contributed by atoms with van der Waals surface area (Å²) in [7, 11) is 1.55. The van der Waals surface area contributed by atoms with Crippen LogP contribution in [0.5, 0.6) is 11.5 Å². The van der Waals surface area contributed by atoms with Crippen LogP contribution in [0.3, 0.4) is 0 Å². The topological polar surface area (TPSA) is 84.9 Å². The fraction of sp³-hybridized carbons (Fsp3) is 0.192. The molecule has 3 aromatic carbocycles. The highest BCUT2D eigenvalue weighted by Crippen LogP contribution is 2.35. The van der Waals surface area contributed by atoms with E-state index in [9.17, 15) is 14.4 Å². The van der Waals surface area contributed by atoms with Crippen LogP contribution in [0.4, 0.5) is 11.4 Å². The smallest absolute Gasteiger partial charge is 0.255 e. The van der Waals surface area contributed by atoms with Gasteiger partial charge in [0, 0.05) is 22.6 Å². The van der Waals surface area contributed by atoms with Crippen LogP contribution in [0.25, 0.3) is 0 Å². The van der Waals surface area contributed by atoms with Crippen LogP contribution in [-0.2, 0) is 9.59 Å². The molecule has 1 atom stereocenters. The van der Waals surface area contributed by atoms with Gasteiger partial charge in [-0.1, -0.05) is 6.07 Å². The summed E-state index contributed by atoms with van der Waals surface area (Å²) in [6.07, 6.45) is 0.130. The molecule has 34 heavy (non-hydrogen) atoms. The average molecular weight is 477 g/mol. The number of amides is 3. The summed E-state index contributed by atoms with van der Waals surface area (Å²) in [6.45, 7) is 2.44. The Labute approximate surface area is 202 Å². The molecule has 7 nitrogen and oxygen atoms in total. The lowest BCUT2D eigenvalue weighted by Crippen LogP contribution is -2.31. The molecule has 1 saturated heterocycles. The van der Waals surface area contributed by atoms with E-state index < -0.39 is 5.25 Å². The van der Waals surface area contributed by atoms with Crippen LogP contribution in [0, 0.1) is 0 Å². The van der Waals surface area contributed by atoms with E-state index in [2.05, 4.69) is 5.32 Å². The minimum absolute atomic E-state index is 0.130. The van der Waals surface area contributed by atoms with Crippen LogP contribution >= 0.6 is 11.8 Å². The molecule has 1 unspecified atom stereocenters. The van der Waals surface area contributed by atoms with Crippen molar-refractivity contribution in [3.8, 4) is 11.5 Å². The summed E-state index contributed by atoms with van der Waals surface area (Å²) in [5.74, 6) is 0.578. The number of carbonyl (C=O) groups is 3. The summed E-state index contributed by atoms with van der Waals surface area (Å²) in [5, 5.41) is 2.34. The van der Waals surface area contributed by atoms with Crippen molar-refractivity contribution in [2.45, 2.75) is 23.5 Å². The summed E-state index contributed by atoms with van der Waals surface area (Å²) < 4.78 is 10.6. The highest BCUT2D eigenvalue weighted by Gasteiger charge is 2.40. The Morgan fingerprint density at radius 3 is 2.44 bits per heavy atom. The van der Waals surface area contributed by atoms with Crippen molar-refractivity contribution >= 4 is 40.9 Å². The van der Waals surface area contributed by atoms with Gasteiger partial charge >= 0.3 is 0 Å². The molecule has 1 aliphatic rings. The van der Waals surface area contributed by atoms with Gasteiger partial charge in [0.2, 0.25) is 11.8 Å². The second kappa shape index (κ2) is 10.4. The van der Waals surface area contributed by atoms with Crippen molar-refractivity contribution in [3.05, 3.63) is 78.4 Å². The molecule has 0 aromatic heterocycles. The maximum Gasteiger partial charge on any atom is 0.255 e. The molecule has 8 heteroatoms. The molecule has 3 aromatic rings. The highest BCUT2D eigenvalue weighted by molar-refractivity contribution is 8.00. The van der Waals surface area contributed by atoms with Crippen molar-refractivity contribution in [2.24, 2.45) is 0 Å². The maximum atomic E-state index is 12.9. The number of nitrogens with one attached hydrogen (secondary N) is 1. The monoisotopic (exact) mass is 476 g/mol. The predicted molar refractivity (Wildman–Crippen MR) is 132 cm³/mol. The first-order chi connectivity index (χ1) is 16.5. The number of thioether (sulfide) groups is 1. The molecule has 174 valence electrons. The number of carbonyl (C=O) groups excluding carboxylic acids is 3. The van der Waals surface area contributed by atoms with Gasteiger partial charge in [-0.2, -0.15) is 0 Å². The molecule has 4 rings (SSSR count). The predicted octanol–water partition coefficient (Wildman–Crippen LogP) is 4.77. The Bertz CT molecular complexity index is 1190. The minimum atomic E-state index is -0.503. The molecule has 1 heterocycles. The Morgan fingerprint density at radius 1 is 1.03 bits per heavy atom. The first-order valence-corrected chi connectivity index (χ1v) is 11.7. The fourth-order valence-electron chi connectivity index (χ4n) is 3.57. The third kappa shape index (κ3) is 5.23. The van der Waals surface area contributed by atoms with Gasteiger partial charge in [-0.3, -0.25) is 14.4 Å². The van der Waals surface area contributed by atoms with Gasteiger partial charge in [-0.15, -0.1) is 11.8 Å². The third-order valence-electron chi connectivity index (χ3n) is 5.23. The first kappa shape index (κ1) is 23.4. The summed E-state index contributed by atoms with van der Waals surface area (Å²) in [6, 6.07) is 21.0. The molecule has 1 fully saturated rings. The number of nitrogens with zero attached hydrogens (tertiary/aromatic N) is 1. The molecule has 0 saturated carbocycles. The Hall–Kier alpha value is -3.78. The number of methoxy groups -OCH3 is 1. The molecule has 1 N–H and O–H groups in total. The van der Waals surface area contributed by atoms with Crippen molar-refractivity contribution < 1.29 is 23.9 Å². The summed E-state index contributed by atoms with van der Waals surface area (Å²) >= 11 is 1.34. The van der Waals surface area contributed by atoms with Gasteiger partial charge in [0.05, 0.1) is 24.7 Å². The van der Waals surface area contributed by atoms with E-state index in [0.29, 0.717) is 35.0 Å². The van der Waals surface area contributed by atoms with Gasteiger partial charge in [-0.05, 0) is 73.7 Å². The third-order valence-corrected chi connectivity index (χ3v) is 6.43. The van der Waals surface area contributed by atoms with Crippen LogP contribution in [0.1, 0.15) is 23.7 Å². The van der Waals surface area contributed by atoms with E-state index in [4.69, 9.17) is 9.47 Å². The maximum absolute atomic E-state index is 12.9. The molecule has 0 aliphatic carbocycles. The molecule has 0 bridgehead atoms. The van der Waals surface area contributed by atoms with Crippen LogP contribution in [0.2, 0.25) is 0 Å². The van der Waals surface area contributed by atoms with E-state index >= 15 is 0 Å². The zero-order valence-electron chi connectivity index (χ0n) is 18.8. The first-order valence-electron chi connectivity index (χ1n) is 10.8. The largest absolute Gasteiger partial charge is 0.497 e. The summed E-state index contributed by atoms with van der Waals surface area (Å²) in [4.78, 5) is 40.0. The van der Waals surface area contributed by atoms with Crippen LogP contribution in [-0.4, -0.2) is 36.7 Å². The standard InChI is InChI=1S/C26H24N2O5S/c1-3-33-20-11-9-19(10-12-20)28-24(29)16-23(26(28)31)34-22-13-7-18(8-14-22)27-25(30)17-5-4-6-21(15-17)32-2/h4-15,23H,3,16H2,1-2H3,(H,27,30). The SMILES string of the molecule is CCOc1ccc(N2C(=O)CC(Sc3ccc(NC(=O)c4cccc(OC)c4)cc3)C2=O)cc1. The van der Waals surface area contributed by atoms with Crippen LogP contribution in [0.15, 0.2) is 77.7 Å². The number of benzene rings is 3. The van der Waals surface area contributed by atoms with Crippen molar-refractivity contribution in [3.63, 3.8) is 0 Å². The minimum Gasteiger partial charge on any atom is -0.497 e. The molecular formula is C26H24N2O5S. The molecule has 1 aliphatic heterocycles. The Kier molecular flexibility index (Phi) is 7.18. The van der Waals surface area contributed by atoms with Gasteiger partial charge in [0.25, 0.3) is 5.91 Å². The normalized spacial score (nSPS) is 15.4. The zero-order chi connectivity index (χ0) is 24.1. The number of ether oxygens (including phenoxy) is 2. The van der Waals surface area contributed by atoms with E-state index in [1.54, 1.807) is 67.8 Å². The van der Waals surface area contributed by atoms with E-state index in [1.165, 1.54) is 16.7 Å². The van der Waals surface area contributed by atoms with E-state index in [0.717, 1.165) is 4.90 Å². The number of rotatable bonds is 8. The van der Waals surface area contributed by atoms with Crippen molar-refractivity contribution in [1.82, 2.24) is 0 Å². The van der Waals surface area contributed by atoms with E-state index in [1.807, 2.05) is 19.1 Å². The van der Waals surface area contributed by atoms with Gasteiger partial charge in [-0.25, -0.2) is 4.90 Å². The number of hydrogen-bond acceptors (Lipinski definition) is 6. The highest BCUT2D eigenvalue weighted by atomic mass is 32.2. The second-order valence-corrected chi connectivity index (χ2v) is 8.79. The average Bonchev–Trinajstić information content (AvgIpc) is 3.13. The lowest BCUT2D eigenvalue weighted by molar-refractivity contribution is -0.121. The number of hydrogen-bond donors (Lipinski definition) is 1. The van der Waals surface area contributed by atoms with Gasteiger partial charge in [0.1, 0.15) is 11.5 Å². The summed E-state index contributed by atoms with van der Waals surface area (Å²) in [5.41, 5.74) is 1.65. The fourth-order valence-corrected chi connectivity index (χ4v) is 4.63.